The van der Waals surface area contributed by atoms with Crippen LogP contribution in [0.1, 0.15) is 0 Å². The Morgan fingerprint density at radius 1 is 1.24 bits per heavy atom. The predicted octanol–water partition coefficient (Wildman–Crippen LogP) is 2.17. The molecule has 1 aromatic carbocycles. The molecule has 2 N–H and O–H groups in total. The van der Waals surface area contributed by atoms with Crippen LogP contribution in [0.4, 0.5) is 5.95 Å². The highest BCUT2D eigenvalue weighted by molar-refractivity contribution is 6.42. The highest BCUT2D eigenvalue weighted by Gasteiger charge is 2.24. The number of hydrogen-bond donors (Lipinski definition) is 1. The molecule has 5 nitrogen and oxygen atoms in total. The van der Waals surface area contributed by atoms with Crippen molar-refractivity contribution in [1.82, 2.24) is 19.4 Å². The van der Waals surface area contributed by atoms with Gasteiger partial charge >= 0.3 is 0 Å². The van der Waals surface area contributed by atoms with Gasteiger partial charge in [-0.15, -0.1) is 0 Å². The Balaban J connectivity index is 1.96. The fraction of sp³-hybridized carbons (Fsp3) is 0.500. The van der Waals surface area contributed by atoms with E-state index in [4.69, 9.17) is 28.9 Å². The Morgan fingerprint density at radius 2 is 1.95 bits per heavy atom. The van der Waals surface area contributed by atoms with Crippen LogP contribution >= 0.6 is 23.2 Å². The number of likely N-dealkylation sites (N-methyl/N-ethyl adjacent to an activating group) is 2. The number of piperazine rings is 1. The molecule has 1 aliphatic rings. The summed E-state index contributed by atoms with van der Waals surface area (Å²) in [6.45, 7) is 3.95. The minimum absolute atomic E-state index is 0.401. The topological polar surface area (TPSA) is 50.3 Å². The van der Waals surface area contributed by atoms with Crippen molar-refractivity contribution >= 4 is 40.2 Å². The van der Waals surface area contributed by atoms with Crippen LogP contribution in [-0.4, -0.2) is 59.1 Å². The van der Waals surface area contributed by atoms with Gasteiger partial charge in [0, 0.05) is 32.2 Å². The molecule has 0 spiro atoms. The summed E-state index contributed by atoms with van der Waals surface area (Å²) in [5.41, 5.74) is 7.80. The first-order valence-corrected chi connectivity index (χ1v) is 7.71. The second-order valence-electron chi connectivity index (χ2n) is 5.73. The molecule has 2 aromatic rings. The molecular formula is C14H19Cl2N5. The first-order chi connectivity index (χ1) is 9.95. The van der Waals surface area contributed by atoms with Crippen molar-refractivity contribution in [3.8, 4) is 0 Å². The zero-order valence-electron chi connectivity index (χ0n) is 12.2. The third kappa shape index (κ3) is 2.83. The number of rotatable bonds is 2. The molecule has 1 atom stereocenters. The summed E-state index contributed by atoms with van der Waals surface area (Å²) in [6, 6.07) is 4.01. The van der Waals surface area contributed by atoms with Crippen molar-refractivity contribution in [2.24, 2.45) is 0 Å². The number of halogens is 2. The molecule has 0 bridgehead atoms. The Morgan fingerprint density at radius 3 is 2.71 bits per heavy atom. The smallest absolute Gasteiger partial charge is 0.201 e. The number of fused-ring (bicyclic) bond motifs is 1. The van der Waals surface area contributed by atoms with E-state index in [2.05, 4.69) is 28.9 Å². The fourth-order valence-electron chi connectivity index (χ4n) is 2.84. The van der Waals surface area contributed by atoms with E-state index in [0.717, 1.165) is 37.2 Å². The quantitative estimate of drug-likeness (QED) is 0.918. The van der Waals surface area contributed by atoms with Gasteiger partial charge in [-0.2, -0.15) is 0 Å². The number of benzene rings is 1. The van der Waals surface area contributed by atoms with Crippen molar-refractivity contribution < 1.29 is 0 Å². The summed E-state index contributed by atoms with van der Waals surface area (Å²) in [4.78, 5) is 9.09. The lowest BCUT2D eigenvalue weighted by Crippen LogP contribution is -2.51. The Labute approximate surface area is 134 Å². The number of nitrogens with two attached hydrogens (primary N) is 1. The van der Waals surface area contributed by atoms with Crippen LogP contribution in [0.2, 0.25) is 10.0 Å². The van der Waals surface area contributed by atoms with Gasteiger partial charge in [-0.1, -0.05) is 23.2 Å². The first-order valence-electron chi connectivity index (χ1n) is 6.95. The highest BCUT2D eigenvalue weighted by Crippen LogP contribution is 2.29. The van der Waals surface area contributed by atoms with E-state index in [1.54, 1.807) is 6.07 Å². The average Bonchev–Trinajstić information content (AvgIpc) is 2.71. The normalized spacial score (nSPS) is 21.2. The minimum atomic E-state index is 0.401. The number of imidazole rings is 1. The van der Waals surface area contributed by atoms with E-state index in [1.165, 1.54) is 0 Å². The molecule has 2 heterocycles. The van der Waals surface area contributed by atoms with Gasteiger partial charge in [0.05, 0.1) is 21.1 Å². The molecule has 114 valence electrons. The summed E-state index contributed by atoms with van der Waals surface area (Å²) >= 11 is 12.2. The van der Waals surface area contributed by atoms with Crippen molar-refractivity contribution in [2.75, 3.05) is 39.5 Å². The Kier molecular flexibility index (Phi) is 4.01. The van der Waals surface area contributed by atoms with E-state index in [0.29, 0.717) is 22.0 Å². The highest BCUT2D eigenvalue weighted by atomic mass is 35.5. The van der Waals surface area contributed by atoms with Crippen LogP contribution in [0.5, 0.6) is 0 Å². The van der Waals surface area contributed by atoms with Crippen molar-refractivity contribution in [3.63, 3.8) is 0 Å². The molecule has 0 amide bonds. The molecule has 1 aliphatic heterocycles. The van der Waals surface area contributed by atoms with E-state index in [-0.39, 0.29) is 0 Å². The molecule has 1 saturated heterocycles. The van der Waals surface area contributed by atoms with Crippen LogP contribution in [-0.2, 0) is 6.54 Å². The Bertz CT molecular complexity index is 669. The van der Waals surface area contributed by atoms with Crippen LogP contribution in [0.3, 0.4) is 0 Å². The van der Waals surface area contributed by atoms with E-state index < -0.39 is 0 Å². The van der Waals surface area contributed by atoms with Gasteiger partial charge < -0.3 is 15.2 Å². The molecule has 0 aliphatic carbocycles. The van der Waals surface area contributed by atoms with Crippen molar-refractivity contribution in [1.29, 1.82) is 0 Å². The number of anilines is 1. The van der Waals surface area contributed by atoms with Crippen molar-refractivity contribution in [2.45, 2.75) is 12.6 Å². The molecular weight excluding hydrogens is 309 g/mol. The maximum atomic E-state index is 6.13. The maximum absolute atomic E-state index is 6.13. The van der Waals surface area contributed by atoms with Gasteiger partial charge in [0.2, 0.25) is 5.95 Å². The SMILES string of the molecule is CN1CCN(C)C(Cn2c(N)nc3cc(Cl)c(Cl)cc32)C1. The van der Waals surface area contributed by atoms with Gasteiger partial charge in [0.25, 0.3) is 0 Å². The third-order valence-electron chi connectivity index (χ3n) is 4.19. The lowest BCUT2D eigenvalue weighted by Gasteiger charge is -2.38. The summed E-state index contributed by atoms with van der Waals surface area (Å²) in [5, 5.41) is 1.03. The van der Waals surface area contributed by atoms with E-state index >= 15 is 0 Å². The van der Waals surface area contributed by atoms with Gasteiger partial charge in [-0.3, -0.25) is 4.90 Å². The second-order valence-corrected chi connectivity index (χ2v) is 6.55. The van der Waals surface area contributed by atoms with E-state index in [9.17, 15) is 0 Å². The Hall–Kier alpha value is -1.01. The summed E-state index contributed by atoms with van der Waals surface area (Å²) in [7, 11) is 4.29. The monoisotopic (exact) mass is 327 g/mol. The standard InChI is InChI=1S/C14H19Cl2N5/c1-19-3-4-20(2)9(7-19)8-21-13-6-11(16)10(15)5-12(13)18-14(21)17/h5-6,9H,3-4,7-8H2,1-2H3,(H2,17,18). The molecule has 0 radical (unpaired) electrons. The van der Waals surface area contributed by atoms with Crippen molar-refractivity contribution in [3.05, 3.63) is 22.2 Å². The lowest BCUT2D eigenvalue weighted by atomic mass is 10.2. The molecule has 1 unspecified atom stereocenters. The number of nitrogens with zero attached hydrogens (tertiary/aromatic N) is 4. The maximum Gasteiger partial charge on any atom is 0.201 e. The number of aromatic nitrogens is 2. The van der Waals surface area contributed by atoms with Crippen LogP contribution in [0.25, 0.3) is 11.0 Å². The molecule has 0 saturated carbocycles. The average molecular weight is 328 g/mol. The number of hydrogen-bond acceptors (Lipinski definition) is 4. The van der Waals surface area contributed by atoms with Crippen LogP contribution < -0.4 is 5.73 Å². The molecule has 3 rings (SSSR count). The summed E-state index contributed by atoms with van der Waals surface area (Å²) < 4.78 is 2.03. The van der Waals surface area contributed by atoms with Gasteiger partial charge in [0.1, 0.15) is 0 Å². The summed E-state index contributed by atoms with van der Waals surface area (Å²) in [6.07, 6.45) is 0. The number of nitrogen functional groups attached to an aromatic ring is 1. The van der Waals surface area contributed by atoms with Gasteiger partial charge in [0.15, 0.2) is 0 Å². The van der Waals surface area contributed by atoms with Crippen LogP contribution in [0, 0.1) is 0 Å². The second kappa shape index (κ2) is 5.65. The zero-order chi connectivity index (χ0) is 15.1. The van der Waals surface area contributed by atoms with Crippen LogP contribution in [0.15, 0.2) is 12.1 Å². The summed E-state index contributed by atoms with van der Waals surface area (Å²) in [5.74, 6) is 0.505. The molecule has 21 heavy (non-hydrogen) atoms. The lowest BCUT2D eigenvalue weighted by molar-refractivity contribution is 0.104. The fourth-order valence-corrected chi connectivity index (χ4v) is 3.16. The minimum Gasteiger partial charge on any atom is -0.369 e. The molecule has 7 heteroatoms. The largest absolute Gasteiger partial charge is 0.369 e. The first kappa shape index (κ1) is 14.9. The van der Waals surface area contributed by atoms with E-state index in [1.807, 2.05) is 10.6 Å². The molecule has 1 aromatic heterocycles. The van der Waals surface area contributed by atoms with Gasteiger partial charge in [-0.05, 0) is 26.2 Å². The van der Waals surface area contributed by atoms with Gasteiger partial charge in [-0.25, -0.2) is 4.98 Å². The molecule has 1 fully saturated rings. The third-order valence-corrected chi connectivity index (χ3v) is 4.92. The zero-order valence-corrected chi connectivity index (χ0v) is 13.7. The predicted molar refractivity (Wildman–Crippen MR) is 88.1 cm³/mol.